The summed E-state index contributed by atoms with van der Waals surface area (Å²) in [5, 5.41) is 13.4. The average molecular weight is 379 g/mol. The third-order valence-corrected chi connectivity index (χ3v) is 3.53. The molecule has 0 aliphatic heterocycles. The Morgan fingerprint density at radius 1 is 1.23 bits per heavy atom. The second-order valence-corrected chi connectivity index (χ2v) is 5.42. The summed E-state index contributed by atoms with van der Waals surface area (Å²) < 4.78 is 10.8. The molecule has 2 rings (SSSR count). The summed E-state index contributed by atoms with van der Waals surface area (Å²) >= 11 is 5.93. The van der Waals surface area contributed by atoms with Crippen LogP contribution in [0.15, 0.2) is 36.4 Å². The van der Waals surface area contributed by atoms with Crippen LogP contribution in [0.5, 0.6) is 11.5 Å². The van der Waals surface area contributed by atoms with Gasteiger partial charge in [-0.3, -0.25) is 19.7 Å². The van der Waals surface area contributed by atoms with Crippen molar-refractivity contribution in [1.29, 1.82) is 0 Å². The highest BCUT2D eigenvalue weighted by Crippen LogP contribution is 2.29. The number of carbonyl (C=O) groups excluding carboxylic acids is 2. The SMILES string of the molecule is CCOc1cc(C=O)ccc1OCC(=O)Nc1cc([N+](=O)[O-])ccc1Cl. The molecular weight excluding hydrogens is 364 g/mol. The molecule has 0 unspecified atom stereocenters. The van der Waals surface area contributed by atoms with Crippen molar-refractivity contribution in [2.75, 3.05) is 18.5 Å². The number of nitrogens with one attached hydrogen (secondary N) is 1. The monoisotopic (exact) mass is 378 g/mol. The van der Waals surface area contributed by atoms with Gasteiger partial charge in [-0.1, -0.05) is 11.6 Å². The van der Waals surface area contributed by atoms with Crippen molar-refractivity contribution >= 4 is 35.2 Å². The van der Waals surface area contributed by atoms with Crippen LogP contribution in [0, 0.1) is 10.1 Å². The average Bonchev–Trinajstić information content (AvgIpc) is 2.62. The number of carbonyl (C=O) groups is 2. The molecule has 0 saturated carbocycles. The Balaban J connectivity index is 2.06. The van der Waals surface area contributed by atoms with Crippen LogP contribution in [-0.4, -0.2) is 30.3 Å². The Morgan fingerprint density at radius 3 is 2.65 bits per heavy atom. The van der Waals surface area contributed by atoms with E-state index in [2.05, 4.69) is 5.32 Å². The first-order valence-corrected chi connectivity index (χ1v) is 7.91. The van der Waals surface area contributed by atoms with Crippen LogP contribution >= 0.6 is 11.6 Å². The number of halogens is 1. The summed E-state index contributed by atoms with van der Waals surface area (Å²) in [6.07, 6.45) is 0.670. The number of benzene rings is 2. The fraction of sp³-hybridized carbons (Fsp3) is 0.176. The van der Waals surface area contributed by atoms with Gasteiger partial charge in [-0.2, -0.15) is 0 Å². The van der Waals surface area contributed by atoms with E-state index in [0.717, 1.165) is 6.07 Å². The molecule has 0 radical (unpaired) electrons. The van der Waals surface area contributed by atoms with Gasteiger partial charge >= 0.3 is 0 Å². The van der Waals surface area contributed by atoms with E-state index in [1.54, 1.807) is 6.92 Å². The summed E-state index contributed by atoms with van der Waals surface area (Å²) in [5.41, 5.74) is 0.318. The number of aldehydes is 1. The molecule has 0 aliphatic carbocycles. The van der Waals surface area contributed by atoms with Crippen molar-refractivity contribution in [3.63, 3.8) is 0 Å². The van der Waals surface area contributed by atoms with Gasteiger partial charge in [-0.15, -0.1) is 0 Å². The molecule has 8 nitrogen and oxygen atoms in total. The zero-order chi connectivity index (χ0) is 19.1. The number of amides is 1. The largest absolute Gasteiger partial charge is 0.490 e. The van der Waals surface area contributed by atoms with Crippen LogP contribution in [-0.2, 0) is 4.79 Å². The van der Waals surface area contributed by atoms with Crippen molar-refractivity contribution in [3.8, 4) is 11.5 Å². The van der Waals surface area contributed by atoms with Crippen molar-refractivity contribution in [3.05, 3.63) is 57.1 Å². The minimum absolute atomic E-state index is 0.107. The van der Waals surface area contributed by atoms with Crippen molar-refractivity contribution < 1.29 is 24.0 Å². The van der Waals surface area contributed by atoms with Crippen LogP contribution in [0.25, 0.3) is 0 Å². The van der Waals surface area contributed by atoms with Gasteiger partial charge in [0.1, 0.15) is 6.29 Å². The van der Waals surface area contributed by atoms with Crippen LogP contribution in [0.3, 0.4) is 0 Å². The molecular formula is C17H15ClN2O6. The van der Waals surface area contributed by atoms with E-state index in [0.29, 0.717) is 24.2 Å². The number of anilines is 1. The lowest BCUT2D eigenvalue weighted by atomic mass is 10.2. The quantitative estimate of drug-likeness (QED) is 0.428. The van der Waals surface area contributed by atoms with E-state index >= 15 is 0 Å². The minimum atomic E-state index is -0.592. The summed E-state index contributed by atoms with van der Waals surface area (Å²) in [7, 11) is 0. The van der Waals surface area contributed by atoms with E-state index in [4.69, 9.17) is 21.1 Å². The van der Waals surface area contributed by atoms with Gasteiger partial charge in [-0.25, -0.2) is 0 Å². The smallest absolute Gasteiger partial charge is 0.271 e. The maximum absolute atomic E-state index is 12.0. The van der Waals surface area contributed by atoms with E-state index < -0.39 is 10.8 Å². The third kappa shape index (κ3) is 4.93. The van der Waals surface area contributed by atoms with Gasteiger partial charge in [0.25, 0.3) is 11.6 Å². The molecule has 2 aromatic carbocycles. The molecule has 0 saturated heterocycles. The van der Waals surface area contributed by atoms with E-state index in [1.165, 1.54) is 30.3 Å². The van der Waals surface area contributed by atoms with Crippen molar-refractivity contribution in [2.45, 2.75) is 6.92 Å². The molecule has 1 amide bonds. The van der Waals surface area contributed by atoms with Gasteiger partial charge < -0.3 is 14.8 Å². The Morgan fingerprint density at radius 2 is 2.00 bits per heavy atom. The Labute approximate surface area is 153 Å². The number of non-ortho nitro benzene ring substituents is 1. The van der Waals surface area contributed by atoms with E-state index in [1.807, 2.05) is 0 Å². The van der Waals surface area contributed by atoms with E-state index in [9.17, 15) is 19.7 Å². The molecule has 0 aliphatic rings. The predicted molar refractivity (Wildman–Crippen MR) is 95.2 cm³/mol. The fourth-order valence-corrected chi connectivity index (χ4v) is 2.20. The van der Waals surface area contributed by atoms with Crippen LogP contribution in [0.2, 0.25) is 5.02 Å². The number of nitrogens with zero attached hydrogens (tertiary/aromatic N) is 1. The summed E-state index contributed by atoms with van der Waals surface area (Å²) in [4.78, 5) is 33.1. The van der Waals surface area contributed by atoms with Crippen LogP contribution in [0.4, 0.5) is 11.4 Å². The lowest BCUT2D eigenvalue weighted by molar-refractivity contribution is -0.384. The Kier molecular flexibility index (Phi) is 6.51. The number of rotatable bonds is 8. The highest BCUT2D eigenvalue weighted by Gasteiger charge is 2.14. The second kappa shape index (κ2) is 8.82. The maximum atomic E-state index is 12.0. The number of hydrogen-bond donors (Lipinski definition) is 1. The lowest BCUT2D eigenvalue weighted by Gasteiger charge is -2.12. The van der Waals surface area contributed by atoms with Crippen molar-refractivity contribution in [2.24, 2.45) is 0 Å². The number of nitro benzene ring substituents is 1. The highest BCUT2D eigenvalue weighted by atomic mass is 35.5. The van der Waals surface area contributed by atoms with Gasteiger partial charge in [0.15, 0.2) is 18.1 Å². The number of hydrogen-bond acceptors (Lipinski definition) is 6. The van der Waals surface area contributed by atoms with Gasteiger partial charge in [-0.05, 0) is 31.2 Å². The first-order valence-electron chi connectivity index (χ1n) is 7.53. The second-order valence-electron chi connectivity index (χ2n) is 5.02. The molecule has 1 N–H and O–H groups in total. The molecule has 0 atom stereocenters. The fourth-order valence-electron chi connectivity index (χ4n) is 2.04. The molecule has 0 heterocycles. The highest BCUT2D eigenvalue weighted by molar-refractivity contribution is 6.33. The predicted octanol–water partition coefficient (Wildman–Crippen LogP) is 3.48. The normalized spacial score (nSPS) is 10.1. The standard InChI is InChI=1S/C17H15ClN2O6/c1-2-25-16-7-11(9-21)3-6-15(16)26-10-17(22)19-14-8-12(20(23)24)4-5-13(14)18/h3-9H,2,10H2,1H3,(H,19,22). The summed E-state index contributed by atoms with van der Waals surface area (Å²) in [6, 6.07) is 8.26. The molecule has 0 aromatic heterocycles. The zero-order valence-electron chi connectivity index (χ0n) is 13.7. The first-order chi connectivity index (χ1) is 12.4. The Bertz CT molecular complexity index is 840. The molecule has 9 heteroatoms. The zero-order valence-corrected chi connectivity index (χ0v) is 14.5. The first kappa shape index (κ1) is 19.2. The molecule has 136 valence electrons. The number of nitro groups is 1. The van der Waals surface area contributed by atoms with Gasteiger partial charge in [0.05, 0.1) is 22.2 Å². The van der Waals surface area contributed by atoms with Crippen LogP contribution in [0.1, 0.15) is 17.3 Å². The molecule has 2 aromatic rings. The Hall–Kier alpha value is -3.13. The molecule has 0 fully saturated rings. The minimum Gasteiger partial charge on any atom is -0.490 e. The summed E-state index contributed by atoms with van der Waals surface area (Å²) in [6.45, 7) is 1.75. The lowest BCUT2D eigenvalue weighted by Crippen LogP contribution is -2.20. The molecule has 0 spiro atoms. The maximum Gasteiger partial charge on any atom is 0.271 e. The number of ether oxygens (including phenoxy) is 2. The topological polar surface area (TPSA) is 108 Å². The van der Waals surface area contributed by atoms with E-state index in [-0.39, 0.29) is 28.8 Å². The van der Waals surface area contributed by atoms with Crippen LogP contribution < -0.4 is 14.8 Å². The third-order valence-electron chi connectivity index (χ3n) is 3.20. The summed E-state index contributed by atoms with van der Waals surface area (Å²) in [5.74, 6) is 0.0605. The van der Waals surface area contributed by atoms with Gasteiger partial charge in [0.2, 0.25) is 0 Å². The molecule has 0 bridgehead atoms. The molecule has 26 heavy (non-hydrogen) atoms. The van der Waals surface area contributed by atoms with Gasteiger partial charge in [0, 0.05) is 17.7 Å². The van der Waals surface area contributed by atoms with Crippen molar-refractivity contribution in [1.82, 2.24) is 0 Å².